The number of amides is 1. The molecule has 0 bridgehead atoms. The first kappa shape index (κ1) is 24.2. The number of likely N-dealkylation sites (N-methyl/N-ethyl adjacent to an activating group) is 1. The predicted molar refractivity (Wildman–Crippen MR) is 112 cm³/mol. The molecule has 0 unspecified atom stereocenters. The summed E-state index contributed by atoms with van der Waals surface area (Å²) in [5.41, 5.74) is 0.499. The molecule has 0 fully saturated rings. The normalized spacial score (nSPS) is 22.9. The Bertz CT molecular complexity index is 935. The minimum Gasteiger partial charge on any atom is -0.487 e. The summed E-state index contributed by atoms with van der Waals surface area (Å²) in [5.74, 6) is 5.17. The van der Waals surface area contributed by atoms with Crippen molar-refractivity contribution in [2.45, 2.75) is 50.8 Å². The van der Waals surface area contributed by atoms with E-state index in [1.54, 1.807) is 20.0 Å². The molecule has 9 heteroatoms. The second-order valence-corrected chi connectivity index (χ2v) is 9.61. The van der Waals surface area contributed by atoms with Crippen LogP contribution in [-0.2, 0) is 14.8 Å². The van der Waals surface area contributed by atoms with Gasteiger partial charge >= 0.3 is 0 Å². The molecule has 166 valence electrons. The lowest BCUT2D eigenvalue weighted by molar-refractivity contribution is -0.129. The van der Waals surface area contributed by atoms with E-state index in [1.807, 2.05) is 6.92 Å². The monoisotopic (exact) mass is 438 g/mol. The minimum absolute atomic E-state index is 0.0206. The zero-order chi connectivity index (χ0) is 22.6. The minimum atomic E-state index is -3.93. The van der Waals surface area contributed by atoms with E-state index in [1.165, 1.54) is 35.2 Å². The summed E-state index contributed by atoms with van der Waals surface area (Å²) in [6.07, 6.45) is -1.30. The number of hydrogen-bond acceptors (Lipinski definition) is 6. The third-order valence-corrected chi connectivity index (χ3v) is 7.10. The van der Waals surface area contributed by atoms with Crippen LogP contribution < -0.4 is 4.74 Å². The maximum absolute atomic E-state index is 13.3. The van der Waals surface area contributed by atoms with Crippen molar-refractivity contribution in [2.75, 3.05) is 26.7 Å². The molecule has 30 heavy (non-hydrogen) atoms. The van der Waals surface area contributed by atoms with Crippen molar-refractivity contribution in [1.29, 1.82) is 0 Å². The van der Waals surface area contributed by atoms with Crippen molar-refractivity contribution in [2.24, 2.45) is 5.92 Å². The highest BCUT2D eigenvalue weighted by molar-refractivity contribution is 7.89. The van der Waals surface area contributed by atoms with Gasteiger partial charge in [-0.15, -0.1) is 0 Å². The second-order valence-electron chi connectivity index (χ2n) is 7.75. The Labute approximate surface area is 178 Å². The van der Waals surface area contributed by atoms with Gasteiger partial charge in [-0.1, -0.05) is 18.8 Å². The number of carbonyl (C=O) groups excluding carboxylic acids is 1. The Kier molecular flexibility index (Phi) is 7.88. The van der Waals surface area contributed by atoms with Gasteiger partial charge in [0.15, 0.2) is 0 Å². The van der Waals surface area contributed by atoms with Crippen LogP contribution in [0.5, 0.6) is 5.75 Å². The summed E-state index contributed by atoms with van der Waals surface area (Å²) < 4.78 is 34.1. The highest BCUT2D eigenvalue weighted by atomic mass is 32.2. The summed E-state index contributed by atoms with van der Waals surface area (Å²) in [4.78, 5) is 13.2. The van der Waals surface area contributed by atoms with Gasteiger partial charge in [-0.05, 0) is 32.0 Å². The SMILES string of the molecule is CC(=O)N(C)C[C@H]1Oc2cc(C#C[C@@H](C)O)ccc2S(=O)(=O)N([C@H](C)CO)C[C@H]1C. The number of aliphatic hydroxyl groups excluding tert-OH is 2. The molecule has 1 aromatic rings. The van der Waals surface area contributed by atoms with Gasteiger partial charge in [-0.2, -0.15) is 4.31 Å². The lowest BCUT2D eigenvalue weighted by Crippen LogP contribution is -2.50. The van der Waals surface area contributed by atoms with E-state index >= 15 is 0 Å². The number of sulfonamides is 1. The number of nitrogens with zero attached hydrogens (tertiary/aromatic N) is 2. The molecule has 0 radical (unpaired) electrons. The molecule has 0 spiro atoms. The first-order valence-corrected chi connectivity index (χ1v) is 11.3. The van der Waals surface area contributed by atoms with Crippen molar-refractivity contribution in [3.63, 3.8) is 0 Å². The van der Waals surface area contributed by atoms with E-state index in [2.05, 4.69) is 11.8 Å². The molecule has 1 heterocycles. The fourth-order valence-electron chi connectivity index (χ4n) is 3.11. The number of hydrogen-bond donors (Lipinski definition) is 2. The van der Waals surface area contributed by atoms with Crippen LogP contribution in [0.3, 0.4) is 0 Å². The van der Waals surface area contributed by atoms with Crippen molar-refractivity contribution >= 4 is 15.9 Å². The number of aliphatic hydroxyl groups is 2. The van der Waals surface area contributed by atoms with Crippen LogP contribution in [0.4, 0.5) is 0 Å². The highest BCUT2D eigenvalue weighted by Crippen LogP contribution is 2.34. The van der Waals surface area contributed by atoms with Crippen molar-refractivity contribution < 1.29 is 28.2 Å². The molecule has 2 rings (SSSR count). The maximum Gasteiger partial charge on any atom is 0.247 e. The van der Waals surface area contributed by atoms with Gasteiger partial charge in [-0.25, -0.2) is 8.42 Å². The zero-order valence-electron chi connectivity index (χ0n) is 18.0. The summed E-state index contributed by atoms with van der Waals surface area (Å²) in [5, 5.41) is 19.0. The number of rotatable bonds is 4. The fraction of sp³-hybridized carbons (Fsp3) is 0.571. The Morgan fingerprint density at radius 2 is 2.07 bits per heavy atom. The number of fused-ring (bicyclic) bond motifs is 1. The van der Waals surface area contributed by atoms with Crippen LogP contribution in [-0.4, -0.2) is 78.7 Å². The third-order valence-electron chi connectivity index (χ3n) is 5.08. The summed E-state index contributed by atoms with van der Waals surface area (Å²) in [6.45, 7) is 6.59. The van der Waals surface area contributed by atoms with Crippen LogP contribution in [0.25, 0.3) is 0 Å². The Morgan fingerprint density at radius 3 is 2.63 bits per heavy atom. The number of ether oxygens (including phenoxy) is 1. The van der Waals surface area contributed by atoms with E-state index < -0.39 is 28.3 Å². The highest BCUT2D eigenvalue weighted by Gasteiger charge is 2.38. The molecular weight excluding hydrogens is 408 g/mol. The number of benzene rings is 1. The molecule has 8 nitrogen and oxygen atoms in total. The van der Waals surface area contributed by atoms with Gasteiger partial charge < -0.3 is 19.8 Å². The molecule has 2 N–H and O–H groups in total. The molecular formula is C21H30N2O6S. The summed E-state index contributed by atoms with van der Waals surface area (Å²) in [7, 11) is -2.27. The van der Waals surface area contributed by atoms with Gasteiger partial charge in [0.25, 0.3) is 0 Å². The van der Waals surface area contributed by atoms with Crippen LogP contribution in [0.2, 0.25) is 0 Å². The lowest BCUT2D eigenvalue weighted by atomic mass is 10.0. The average Bonchev–Trinajstić information content (AvgIpc) is 2.68. The quantitative estimate of drug-likeness (QED) is 0.669. The first-order valence-electron chi connectivity index (χ1n) is 9.82. The van der Waals surface area contributed by atoms with E-state index in [4.69, 9.17) is 4.74 Å². The second kappa shape index (κ2) is 9.79. The largest absolute Gasteiger partial charge is 0.487 e. The maximum atomic E-state index is 13.3. The van der Waals surface area contributed by atoms with Crippen LogP contribution in [0, 0.1) is 17.8 Å². The lowest BCUT2D eigenvalue weighted by Gasteiger charge is -2.37. The van der Waals surface area contributed by atoms with Gasteiger partial charge in [0.1, 0.15) is 22.9 Å². The van der Waals surface area contributed by atoms with Crippen molar-refractivity contribution in [1.82, 2.24) is 9.21 Å². The molecule has 1 aromatic carbocycles. The zero-order valence-corrected chi connectivity index (χ0v) is 18.8. The van der Waals surface area contributed by atoms with Crippen LogP contribution >= 0.6 is 0 Å². The van der Waals surface area contributed by atoms with Gasteiger partial charge in [-0.3, -0.25) is 4.79 Å². The van der Waals surface area contributed by atoms with Crippen LogP contribution in [0.1, 0.15) is 33.3 Å². The number of carbonyl (C=O) groups is 1. The standard InChI is InChI=1S/C21H30N2O6S/c1-14-11-23(15(2)13-24)30(27,28)21-9-8-18(7-6-16(3)25)10-19(21)29-20(14)12-22(5)17(4)26/h8-10,14-16,20,24-25H,11-13H2,1-5H3/t14-,15-,16-,20-/m1/s1. The fourth-order valence-corrected chi connectivity index (χ4v) is 4.93. The molecule has 1 aliphatic heterocycles. The molecule has 0 aliphatic carbocycles. The molecule has 0 saturated carbocycles. The molecule has 1 aliphatic rings. The van der Waals surface area contributed by atoms with Gasteiger partial charge in [0.2, 0.25) is 15.9 Å². The molecule has 0 aromatic heterocycles. The van der Waals surface area contributed by atoms with E-state index in [0.29, 0.717) is 5.56 Å². The Hall–Kier alpha value is -2.12. The third kappa shape index (κ3) is 5.52. The first-order chi connectivity index (χ1) is 14.0. The predicted octanol–water partition coefficient (Wildman–Crippen LogP) is 0.666. The van der Waals surface area contributed by atoms with E-state index in [-0.39, 0.29) is 42.2 Å². The molecule has 4 atom stereocenters. The topological polar surface area (TPSA) is 107 Å². The van der Waals surface area contributed by atoms with Crippen molar-refractivity contribution in [3.05, 3.63) is 23.8 Å². The molecule has 1 amide bonds. The Morgan fingerprint density at radius 1 is 1.40 bits per heavy atom. The Balaban J connectivity index is 2.60. The van der Waals surface area contributed by atoms with Crippen molar-refractivity contribution in [3.8, 4) is 17.6 Å². The summed E-state index contributed by atoms with van der Waals surface area (Å²) in [6, 6.07) is 3.89. The van der Waals surface area contributed by atoms with Gasteiger partial charge in [0.05, 0.1) is 13.2 Å². The van der Waals surface area contributed by atoms with Gasteiger partial charge in [0, 0.05) is 38.0 Å². The van der Waals surface area contributed by atoms with E-state index in [9.17, 15) is 23.4 Å². The van der Waals surface area contributed by atoms with Crippen LogP contribution in [0.15, 0.2) is 23.1 Å². The average molecular weight is 439 g/mol. The molecule has 0 saturated heterocycles. The summed E-state index contributed by atoms with van der Waals surface area (Å²) >= 11 is 0. The van der Waals surface area contributed by atoms with E-state index in [0.717, 1.165) is 0 Å². The smallest absolute Gasteiger partial charge is 0.247 e.